The van der Waals surface area contributed by atoms with Gasteiger partial charge in [0, 0.05) is 41.4 Å². The fourth-order valence-corrected chi connectivity index (χ4v) is 4.00. The molecule has 4 N–H and O–H groups in total. The van der Waals surface area contributed by atoms with Gasteiger partial charge in [0.25, 0.3) is 5.91 Å². The summed E-state index contributed by atoms with van der Waals surface area (Å²) in [6.45, 7) is 1.77. The van der Waals surface area contributed by atoms with Gasteiger partial charge in [0.1, 0.15) is 6.04 Å². The van der Waals surface area contributed by atoms with Crippen molar-refractivity contribution >= 4 is 61.4 Å². The fraction of sp³-hybridized carbons (Fsp3) is 0.304. The van der Waals surface area contributed by atoms with Crippen LogP contribution in [0.2, 0.25) is 0 Å². The molecule has 0 fully saturated rings. The van der Waals surface area contributed by atoms with E-state index in [0.717, 1.165) is 40.6 Å². The van der Waals surface area contributed by atoms with E-state index in [1.165, 1.54) is 0 Å². The molecule has 0 aromatic heterocycles. The lowest BCUT2D eigenvalue weighted by molar-refractivity contribution is -0.140. The van der Waals surface area contributed by atoms with Crippen LogP contribution in [0.3, 0.4) is 0 Å². The van der Waals surface area contributed by atoms with E-state index in [9.17, 15) is 19.2 Å². The number of hydrogen-bond donors (Lipinski definition) is 4. The lowest BCUT2D eigenvalue weighted by Crippen LogP contribution is -2.47. The van der Waals surface area contributed by atoms with Crippen LogP contribution in [0.15, 0.2) is 48.5 Å². The highest BCUT2D eigenvalue weighted by Crippen LogP contribution is 2.24. The number of hydrogen-bond acceptors (Lipinski definition) is 5. The molecule has 182 valence electrons. The predicted molar refractivity (Wildman–Crippen MR) is 136 cm³/mol. The number of nitrogens with zero attached hydrogens (tertiary/aromatic N) is 1. The smallest absolute Gasteiger partial charge is 0.326 e. The summed E-state index contributed by atoms with van der Waals surface area (Å²) >= 11 is 6.94. The maximum absolute atomic E-state index is 12.3. The van der Waals surface area contributed by atoms with Crippen molar-refractivity contribution in [2.45, 2.75) is 18.9 Å². The van der Waals surface area contributed by atoms with Crippen LogP contribution in [0, 0.1) is 0 Å². The van der Waals surface area contributed by atoms with E-state index in [2.05, 4.69) is 47.4 Å². The van der Waals surface area contributed by atoms with Crippen molar-refractivity contribution in [2.75, 3.05) is 28.6 Å². The van der Waals surface area contributed by atoms with Crippen LogP contribution >= 0.6 is 31.9 Å². The second-order valence-corrected chi connectivity index (χ2v) is 8.83. The molecule has 0 bridgehead atoms. The summed E-state index contributed by atoms with van der Waals surface area (Å²) in [7, 11) is 0. The van der Waals surface area contributed by atoms with Crippen LogP contribution in [-0.2, 0) is 9.59 Å². The SMILES string of the molecule is O=C(O)CCC(NC(=O)NC(=O)c1ccc(-c2ccc(N(CCBr)CCBr)cc2)cc1)C(=O)O. The Bertz CT molecular complexity index is 993. The number of carboxylic acids is 2. The Hall–Kier alpha value is -2.92. The number of benzene rings is 2. The first-order valence-electron chi connectivity index (χ1n) is 10.4. The Morgan fingerprint density at radius 2 is 1.38 bits per heavy atom. The Balaban J connectivity index is 2.00. The van der Waals surface area contributed by atoms with Gasteiger partial charge in [-0.05, 0) is 41.8 Å². The summed E-state index contributed by atoms with van der Waals surface area (Å²) in [6.07, 6.45) is -0.734. The molecule has 3 amide bonds. The summed E-state index contributed by atoms with van der Waals surface area (Å²) in [4.78, 5) is 48.4. The lowest BCUT2D eigenvalue weighted by Gasteiger charge is -2.23. The highest BCUT2D eigenvalue weighted by Gasteiger charge is 2.22. The molecule has 0 spiro atoms. The third-order valence-electron chi connectivity index (χ3n) is 4.90. The standard InChI is InChI=1S/C23H25Br2N3O6/c24-11-13-28(14-12-25)18-7-5-16(6-8-18)15-1-3-17(4-2-15)21(31)27-23(34)26-19(22(32)33)9-10-20(29)30/h1-8,19H,9-14H2,(H,29,30)(H,32,33)(H2,26,27,31,34). The molecule has 2 rings (SSSR count). The molecule has 2 aromatic rings. The van der Waals surface area contributed by atoms with E-state index in [1.807, 2.05) is 24.3 Å². The average Bonchev–Trinajstić information content (AvgIpc) is 2.81. The van der Waals surface area contributed by atoms with Gasteiger partial charge in [-0.1, -0.05) is 56.1 Å². The highest BCUT2D eigenvalue weighted by molar-refractivity contribution is 9.09. The van der Waals surface area contributed by atoms with Crippen molar-refractivity contribution in [1.29, 1.82) is 0 Å². The van der Waals surface area contributed by atoms with Crippen LogP contribution in [0.5, 0.6) is 0 Å². The zero-order valence-corrected chi connectivity index (χ0v) is 21.3. The van der Waals surface area contributed by atoms with Crippen molar-refractivity contribution in [3.05, 3.63) is 54.1 Å². The van der Waals surface area contributed by atoms with Gasteiger partial charge in [-0.25, -0.2) is 9.59 Å². The van der Waals surface area contributed by atoms with E-state index in [4.69, 9.17) is 10.2 Å². The van der Waals surface area contributed by atoms with Crippen LogP contribution < -0.4 is 15.5 Å². The molecule has 34 heavy (non-hydrogen) atoms. The van der Waals surface area contributed by atoms with Crippen molar-refractivity contribution in [3.8, 4) is 11.1 Å². The number of nitrogens with one attached hydrogen (secondary N) is 2. The van der Waals surface area contributed by atoms with Gasteiger partial charge in [-0.15, -0.1) is 0 Å². The number of carbonyl (C=O) groups is 4. The van der Waals surface area contributed by atoms with Crippen LogP contribution in [0.1, 0.15) is 23.2 Å². The number of alkyl halides is 2. The Kier molecular flexibility index (Phi) is 11.0. The lowest BCUT2D eigenvalue weighted by atomic mass is 10.0. The zero-order chi connectivity index (χ0) is 25.1. The maximum atomic E-state index is 12.3. The summed E-state index contributed by atoms with van der Waals surface area (Å²) in [6, 6.07) is 12.3. The fourth-order valence-electron chi connectivity index (χ4n) is 3.15. The van der Waals surface area contributed by atoms with Crippen molar-refractivity contribution < 1.29 is 29.4 Å². The van der Waals surface area contributed by atoms with Gasteiger partial charge in [0.15, 0.2) is 0 Å². The highest BCUT2D eigenvalue weighted by atomic mass is 79.9. The number of rotatable bonds is 12. The average molecular weight is 599 g/mol. The Morgan fingerprint density at radius 3 is 1.85 bits per heavy atom. The first kappa shape index (κ1) is 27.3. The summed E-state index contributed by atoms with van der Waals surface area (Å²) < 4.78 is 0. The Morgan fingerprint density at radius 1 is 0.853 bits per heavy atom. The molecule has 0 aliphatic rings. The number of aliphatic carboxylic acids is 2. The third-order valence-corrected chi connectivity index (χ3v) is 5.61. The number of carbonyl (C=O) groups excluding carboxylic acids is 2. The second-order valence-electron chi connectivity index (χ2n) is 7.24. The predicted octanol–water partition coefficient (Wildman–Crippen LogP) is 3.71. The molecule has 0 radical (unpaired) electrons. The van der Waals surface area contributed by atoms with E-state index in [-0.39, 0.29) is 12.0 Å². The number of imide groups is 1. The molecular weight excluding hydrogens is 574 g/mol. The number of anilines is 1. The molecule has 0 aliphatic heterocycles. The molecule has 0 heterocycles. The quantitative estimate of drug-likeness (QED) is 0.273. The minimum Gasteiger partial charge on any atom is -0.481 e. The van der Waals surface area contributed by atoms with Gasteiger partial charge in [-0.3, -0.25) is 14.9 Å². The second kappa shape index (κ2) is 13.7. The van der Waals surface area contributed by atoms with Gasteiger partial charge in [0.2, 0.25) is 0 Å². The maximum Gasteiger partial charge on any atom is 0.326 e. The first-order valence-corrected chi connectivity index (χ1v) is 12.6. The minimum absolute atomic E-state index is 0.216. The molecule has 11 heteroatoms. The molecule has 0 aliphatic carbocycles. The summed E-state index contributed by atoms with van der Waals surface area (Å²) in [5.41, 5.74) is 3.18. The van der Waals surface area contributed by atoms with Gasteiger partial charge in [0.05, 0.1) is 0 Å². The number of urea groups is 1. The van der Waals surface area contributed by atoms with Crippen molar-refractivity contribution in [2.24, 2.45) is 0 Å². The molecule has 2 aromatic carbocycles. The Labute approximate surface area is 213 Å². The summed E-state index contributed by atoms with van der Waals surface area (Å²) in [5, 5.41) is 23.7. The van der Waals surface area contributed by atoms with Crippen LogP contribution in [0.25, 0.3) is 11.1 Å². The van der Waals surface area contributed by atoms with E-state index in [1.54, 1.807) is 24.3 Å². The van der Waals surface area contributed by atoms with Crippen molar-refractivity contribution in [3.63, 3.8) is 0 Å². The van der Waals surface area contributed by atoms with E-state index >= 15 is 0 Å². The molecule has 1 unspecified atom stereocenters. The molecular formula is C23H25Br2N3O6. The van der Waals surface area contributed by atoms with Gasteiger partial charge >= 0.3 is 18.0 Å². The number of halogens is 2. The minimum atomic E-state index is -1.42. The monoisotopic (exact) mass is 597 g/mol. The number of carboxylic acid groups (broad SMARTS) is 2. The van der Waals surface area contributed by atoms with Crippen LogP contribution in [-0.4, -0.2) is 63.9 Å². The van der Waals surface area contributed by atoms with Gasteiger partial charge in [-0.2, -0.15) is 0 Å². The normalized spacial score (nSPS) is 11.4. The third kappa shape index (κ3) is 8.45. The zero-order valence-electron chi connectivity index (χ0n) is 18.2. The summed E-state index contributed by atoms with van der Waals surface area (Å²) in [5.74, 6) is -3.28. The number of amides is 3. The molecule has 9 nitrogen and oxygen atoms in total. The van der Waals surface area contributed by atoms with E-state index in [0.29, 0.717) is 0 Å². The largest absolute Gasteiger partial charge is 0.481 e. The van der Waals surface area contributed by atoms with E-state index < -0.39 is 36.3 Å². The van der Waals surface area contributed by atoms with Crippen LogP contribution in [0.4, 0.5) is 10.5 Å². The molecule has 0 saturated heterocycles. The first-order chi connectivity index (χ1) is 16.2. The molecule has 1 atom stereocenters. The topological polar surface area (TPSA) is 136 Å². The molecule has 0 saturated carbocycles. The van der Waals surface area contributed by atoms with Gasteiger partial charge < -0.3 is 20.4 Å². The van der Waals surface area contributed by atoms with Crippen molar-refractivity contribution in [1.82, 2.24) is 10.6 Å².